The van der Waals surface area contributed by atoms with Gasteiger partial charge >= 0.3 is 0 Å². The summed E-state index contributed by atoms with van der Waals surface area (Å²) in [5.41, 5.74) is 2.28. The Bertz CT molecular complexity index is 793. The summed E-state index contributed by atoms with van der Waals surface area (Å²) < 4.78 is 27.5. The van der Waals surface area contributed by atoms with E-state index in [0.717, 1.165) is 34.0 Å². The summed E-state index contributed by atoms with van der Waals surface area (Å²) in [6, 6.07) is 3.68. The number of rotatable bonds is 7. The lowest BCUT2D eigenvalue weighted by Crippen LogP contribution is -2.35. The molecular formula is C15H19BrN4O2S. The molecule has 0 spiro atoms. The number of aromatic nitrogens is 2. The molecule has 8 heteroatoms. The second-order valence-electron chi connectivity index (χ2n) is 5.77. The minimum atomic E-state index is -3.24. The highest BCUT2D eigenvalue weighted by atomic mass is 79.9. The largest absolute Gasteiger partial charge is 0.382 e. The van der Waals surface area contributed by atoms with Crippen molar-refractivity contribution < 1.29 is 8.42 Å². The van der Waals surface area contributed by atoms with E-state index in [1.165, 1.54) is 6.42 Å². The van der Waals surface area contributed by atoms with E-state index in [4.69, 9.17) is 0 Å². The number of anilines is 1. The monoisotopic (exact) mass is 398 g/mol. The third kappa shape index (κ3) is 4.39. The number of hydrogen-bond acceptors (Lipinski definition) is 5. The Labute approximate surface area is 144 Å². The Morgan fingerprint density at radius 1 is 1.30 bits per heavy atom. The van der Waals surface area contributed by atoms with Crippen LogP contribution in [0.2, 0.25) is 0 Å². The first-order chi connectivity index (χ1) is 11.0. The molecule has 124 valence electrons. The van der Waals surface area contributed by atoms with Crippen LogP contribution >= 0.6 is 15.9 Å². The van der Waals surface area contributed by atoms with Crippen LogP contribution in [0.4, 0.5) is 5.69 Å². The summed E-state index contributed by atoms with van der Waals surface area (Å²) in [6.07, 6.45) is 6.86. The lowest BCUT2D eigenvalue weighted by molar-refractivity contribution is 0.316. The van der Waals surface area contributed by atoms with E-state index in [-0.39, 0.29) is 5.75 Å². The Hall–Kier alpha value is -1.25. The number of nitrogens with zero attached hydrogens (tertiary/aromatic N) is 2. The van der Waals surface area contributed by atoms with E-state index in [1.54, 1.807) is 18.5 Å². The fourth-order valence-corrected chi connectivity index (χ4v) is 3.81. The number of sulfonamides is 1. The average Bonchev–Trinajstić information content (AvgIpc) is 2.45. The third-order valence-corrected chi connectivity index (χ3v) is 5.83. The van der Waals surface area contributed by atoms with Crippen LogP contribution in [0, 0.1) is 5.92 Å². The summed E-state index contributed by atoms with van der Waals surface area (Å²) in [5, 5.41) is 3.14. The van der Waals surface area contributed by atoms with Crippen molar-refractivity contribution in [3.8, 4) is 0 Å². The predicted molar refractivity (Wildman–Crippen MR) is 94.9 cm³/mol. The SMILES string of the molecule is O=S(=O)(CCNc1ccnc2cc(Br)cnc12)NCC1CCC1. The van der Waals surface area contributed by atoms with Crippen molar-refractivity contribution in [3.05, 3.63) is 29.0 Å². The summed E-state index contributed by atoms with van der Waals surface area (Å²) in [7, 11) is -3.24. The van der Waals surface area contributed by atoms with E-state index in [2.05, 4.69) is 35.9 Å². The van der Waals surface area contributed by atoms with Crippen LogP contribution in [0.1, 0.15) is 19.3 Å². The molecule has 1 fully saturated rings. The molecule has 1 saturated carbocycles. The Morgan fingerprint density at radius 3 is 2.87 bits per heavy atom. The molecule has 0 atom stereocenters. The van der Waals surface area contributed by atoms with E-state index < -0.39 is 10.0 Å². The number of nitrogens with one attached hydrogen (secondary N) is 2. The van der Waals surface area contributed by atoms with Gasteiger partial charge in [0.15, 0.2) is 0 Å². The van der Waals surface area contributed by atoms with Gasteiger partial charge in [-0.15, -0.1) is 0 Å². The van der Waals surface area contributed by atoms with Gasteiger partial charge in [-0.2, -0.15) is 0 Å². The van der Waals surface area contributed by atoms with Gasteiger partial charge in [-0.3, -0.25) is 9.97 Å². The van der Waals surface area contributed by atoms with Crippen molar-refractivity contribution in [2.24, 2.45) is 5.92 Å². The molecular weight excluding hydrogens is 380 g/mol. The van der Waals surface area contributed by atoms with Crippen molar-refractivity contribution in [2.75, 3.05) is 24.2 Å². The number of halogens is 1. The van der Waals surface area contributed by atoms with Gasteiger partial charge < -0.3 is 5.32 Å². The summed E-state index contributed by atoms with van der Waals surface area (Å²) in [5.74, 6) is 0.560. The molecule has 6 nitrogen and oxygen atoms in total. The summed E-state index contributed by atoms with van der Waals surface area (Å²) in [6.45, 7) is 0.896. The highest BCUT2D eigenvalue weighted by Crippen LogP contribution is 2.25. The average molecular weight is 399 g/mol. The molecule has 2 aromatic heterocycles. The van der Waals surface area contributed by atoms with Crippen molar-refractivity contribution in [3.63, 3.8) is 0 Å². The van der Waals surface area contributed by atoms with Gasteiger partial charge in [-0.25, -0.2) is 13.1 Å². The second-order valence-corrected chi connectivity index (χ2v) is 8.61. The maximum atomic E-state index is 12.0. The Kier molecular flexibility index (Phi) is 5.13. The zero-order valence-electron chi connectivity index (χ0n) is 12.6. The summed E-state index contributed by atoms with van der Waals surface area (Å²) >= 11 is 3.36. The van der Waals surface area contributed by atoms with Crippen molar-refractivity contribution in [1.29, 1.82) is 0 Å². The van der Waals surface area contributed by atoms with Gasteiger partial charge in [0.05, 0.1) is 17.0 Å². The topological polar surface area (TPSA) is 84.0 Å². The smallest absolute Gasteiger partial charge is 0.213 e. The number of hydrogen-bond donors (Lipinski definition) is 2. The summed E-state index contributed by atoms with van der Waals surface area (Å²) in [4.78, 5) is 8.60. The molecule has 0 aliphatic heterocycles. The maximum Gasteiger partial charge on any atom is 0.213 e. The lowest BCUT2D eigenvalue weighted by Gasteiger charge is -2.25. The highest BCUT2D eigenvalue weighted by Gasteiger charge is 2.20. The van der Waals surface area contributed by atoms with Gasteiger partial charge in [0, 0.05) is 30.0 Å². The lowest BCUT2D eigenvalue weighted by atomic mass is 9.86. The zero-order valence-corrected chi connectivity index (χ0v) is 15.0. The van der Waals surface area contributed by atoms with Gasteiger partial charge in [0.2, 0.25) is 10.0 Å². The second kappa shape index (κ2) is 7.11. The van der Waals surface area contributed by atoms with Crippen LogP contribution in [-0.4, -0.2) is 37.2 Å². The van der Waals surface area contributed by atoms with Gasteiger partial charge in [0.25, 0.3) is 0 Å². The number of fused-ring (bicyclic) bond motifs is 1. The highest BCUT2D eigenvalue weighted by molar-refractivity contribution is 9.10. The first kappa shape index (κ1) is 16.6. The van der Waals surface area contributed by atoms with Crippen LogP contribution in [0.5, 0.6) is 0 Å². The van der Waals surface area contributed by atoms with Gasteiger partial charge in [0.1, 0.15) is 5.52 Å². The molecule has 1 aliphatic rings. The zero-order chi connectivity index (χ0) is 16.3. The third-order valence-electron chi connectivity index (χ3n) is 4.05. The molecule has 0 amide bonds. The molecule has 0 saturated heterocycles. The Balaban J connectivity index is 1.57. The van der Waals surface area contributed by atoms with Crippen LogP contribution < -0.4 is 10.0 Å². The number of pyridine rings is 2. The normalized spacial score (nSPS) is 15.5. The van der Waals surface area contributed by atoms with Gasteiger partial charge in [-0.1, -0.05) is 6.42 Å². The van der Waals surface area contributed by atoms with E-state index in [1.807, 2.05) is 6.07 Å². The molecule has 1 aliphatic carbocycles. The molecule has 23 heavy (non-hydrogen) atoms. The quantitative estimate of drug-likeness (QED) is 0.748. The molecule has 0 radical (unpaired) electrons. The first-order valence-electron chi connectivity index (χ1n) is 7.65. The fraction of sp³-hybridized carbons (Fsp3) is 0.467. The molecule has 2 heterocycles. The van der Waals surface area contributed by atoms with E-state index >= 15 is 0 Å². The molecule has 0 bridgehead atoms. The van der Waals surface area contributed by atoms with Crippen molar-refractivity contribution >= 4 is 42.7 Å². The molecule has 3 rings (SSSR count). The minimum absolute atomic E-state index is 0.0417. The predicted octanol–water partition coefficient (Wildman–Crippen LogP) is 2.52. The van der Waals surface area contributed by atoms with Crippen molar-refractivity contribution in [2.45, 2.75) is 19.3 Å². The van der Waals surface area contributed by atoms with Crippen LogP contribution in [0.3, 0.4) is 0 Å². The molecule has 0 unspecified atom stereocenters. The van der Waals surface area contributed by atoms with Crippen LogP contribution in [-0.2, 0) is 10.0 Å². The molecule has 2 N–H and O–H groups in total. The fourth-order valence-electron chi connectivity index (χ4n) is 2.48. The maximum absolute atomic E-state index is 12.0. The standard InChI is InChI=1S/C15H19BrN4O2S/c16-12-8-14-15(19-10-12)13(4-5-17-14)18-6-7-23(21,22)20-9-11-2-1-3-11/h4-5,8,10-11,20H,1-3,6-7,9H2,(H,17,18). The first-order valence-corrected chi connectivity index (χ1v) is 10.1. The van der Waals surface area contributed by atoms with Crippen LogP contribution in [0.25, 0.3) is 11.0 Å². The van der Waals surface area contributed by atoms with E-state index in [0.29, 0.717) is 19.0 Å². The molecule has 0 aromatic carbocycles. The van der Waals surface area contributed by atoms with Crippen LogP contribution in [0.15, 0.2) is 29.0 Å². The van der Waals surface area contributed by atoms with Gasteiger partial charge in [-0.05, 0) is 46.8 Å². The molecule has 2 aromatic rings. The minimum Gasteiger partial charge on any atom is -0.382 e. The Morgan fingerprint density at radius 2 is 2.13 bits per heavy atom. The van der Waals surface area contributed by atoms with Crippen molar-refractivity contribution in [1.82, 2.24) is 14.7 Å². The van der Waals surface area contributed by atoms with E-state index in [9.17, 15) is 8.42 Å².